The van der Waals surface area contributed by atoms with Crippen LogP contribution in [0.25, 0.3) is 0 Å². The van der Waals surface area contributed by atoms with Crippen LogP contribution in [0.1, 0.15) is 16.7 Å². The fraction of sp³-hybridized carbons (Fsp3) is 0.105. The van der Waals surface area contributed by atoms with Gasteiger partial charge in [0.05, 0.1) is 11.1 Å². The molecular weight excluding hydrogens is 386 g/mol. The van der Waals surface area contributed by atoms with Gasteiger partial charge in [-0.25, -0.2) is 18.2 Å². The van der Waals surface area contributed by atoms with E-state index in [1.54, 1.807) is 42.2 Å². The quantitative estimate of drug-likeness (QED) is 0.681. The van der Waals surface area contributed by atoms with Crippen molar-refractivity contribution in [2.75, 3.05) is 0 Å². The Morgan fingerprint density at radius 2 is 1.93 bits per heavy atom. The van der Waals surface area contributed by atoms with Crippen LogP contribution in [0.3, 0.4) is 0 Å². The molecular formula is C19H16ClN3O3S. The summed E-state index contributed by atoms with van der Waals surface area (Å²) in [6, 6.07) is 13.5. The smallest absolute Gasteiger partial charge is 0.238 e. The fourth-order valence-electron chi connectivity index (χ4n) is 2.31. The molecule has 1 aromatic heterocycles. The lowest BCUT2D eigenvalue weighted by molar-refractivity contribution is 0.278. The maximum atomic E-state index is 11.4. The lowest BCUT2D eigenvalue weighted by Crippen LogP contribution is -2.11. The Morgan fingerprint density at radius 1 is 1.19 bits per heavy atom. The number of aromatic nitrogens is 2. The number of nitrogens with two attached hydrogens (primary N) is 1. The molecule has 2 N–H and O–H groups in total. The third-order valence-electron chi connectivity index (χ3n) is 3.68. The largest absolute Gasteiger partial charge is 0.472 e. The lowest BCUT2D eigenvalue weighted by atomic mass is 10.2. The highest BCUT2D eigenvalue weighted by Gasteiger charge is 2.09. The van der Waals surface area contributed by atoms with Gasteiger partial charge in [-0.1, -0.05) is 41.6 Å². The minimum Gasteiger partial charge on any atom is -0.472 e. The van der Waals surface area contributed by atoms with Crippen LogP contribution in [0.5, 0.6) is 5.88 Å². The molecule has 0 bridgehead atoms. The van der Waals surface area contributed by atoms with E-state index in [2.05, 4.69) is 16.9 Å². The van der Waals surface area contributed by atoms with E-state index in [1.165, 1.54) is 12.1 Å². The maximum Gasteiger partial charge on any atom is 0.238 e. The monoisotopic (exact) mass is 401 g/mol. The van der Waals surface area contributed by atoms with E-state index in [0.717, 1.165) is 5.56 Å². The van der Waals surface area contributed by atoms with Crippen LogP contribution >= 0.6 is 11.6 Å². The highest BCUT2D eigenvalue weighted by atomic mass is 35.5. The standard InChI is InChI=1S/C19H16ClN3O3S/c1-23-19(26-13-15-6-9-17(20)10-7-15)16(12-22-23)8-5-14-3-2-4-18(11-14)27(21,24)25/h2-4,6-7,9-12H,13H2,1H3,(H2,21,24,25). The van der Waals surface area contributed by atoms with Crippen molar-refractivity contribution in [3.63, 3.8) is 0 Å². The molecule has 0 unspecified atom stereocenters. The zero-order chi connectivity index (χ0) is 19.4. The van der Waals surface area contributed by atoms with Crippen molar-refractivity contribution < 1.29 is 13.2 Å². The summed E-state index contributed by atoms with van der Waals surface area (Å²) in [4.78, 5) is 0.0136. The number of primary sulfonamides is 1. The molecule has 0 spiro atoms. The molecule has 0 aliphatic carbocycles. The minimum atomic E-state index is -3.77. The number of sulfonamides is 1. The first-order chi connectivity index (χ1) is 12.8. The normalized spacial score (nSPS) is 10.9. The molecule has 0 atom stereocenters. The Balaban J connectivity index is 1.81. The van der Waals surface area contributed by atoms with Gasteiger partial charge in [0.1, 0.15) is 12.2 Å². The highest BCUT2D eigenvalue weighted by Crippen LogP contribution is 2.19. The molecule has 138 valence electrons. The second-order valence-electron chi connectivity index (χ2n) is 5.72. The van der Waals surface area contributed by atoms with Crippen LogP contribution in [0.4, 0.5) is 0 Å². The first-order valence-electron chi connectivity index (χ1n) is 7.87. The number of aryl methyl sites for hydroxylation is 1. The molecule has 0 fully saturated rings. The number of benzene rings is 2. The van der Waals surface area contributed by atoms with Crippen molar-refractivity contribution in [2.24, 2.45) is 12.2 Å². The molecule has 0 saturated carbocycles. The Kier molecular flexibility index (Phi) is 5.51. The van der Waals surface area contributed by atoms with Crippen molar-refractivity contribution in [3.05, 3.63) is 76.4 Å². The van der Waals surface area contributed by atoms with E-state index < -0.39 is 10.0 Å². The molecule has 6 nitrogen and oxygen atoms in total. The molecule has 0 amide bonds. The van der Waals surface area contributed by atoms with E-state index in [4.69, 9.17) is 21.5 Å². The van der Waals surface area contributed by atoms with Crippen LogP contribution < -0.4 is 9.88 Å². The Labute approximate surface area is 162 Å². The molecule has 8 heteroatoms. The molecule has 3 rings (SSSR count). The van der Waals surface area contributed by atoms with E-state index >= 15 is 0 Å². The van der Waals surface area contributed by atoms with Crippen molar-refractivity contribution in [2.45, 2.75) is 11.5 Å². The van der Waals surface area contributed by atoms with Crippen LogP contribution in [-0.2, 0) is 23.7 Å². The van der Waals surface area contributed by atoms with Gasteiger partial charge in [-0.3, -0.25) is 0 Å². The molecule has 27 heavy (non-hydrogen) atoms. The Morgan fingerprint density at radius 3 is 2.63 bits per heavy atom. The van der Waals surface area contributed by atoms with Crippen LogP contribution in [0, 0.1) is 11.8 Å². The van der Waals surface area contributed by atoms with Crippen molar-refractivity contribution in [1.29, 1.82) is 0 Å². The maximum absolute atomic E-state index is 11.4. The van der Waals surface area contributed by atoms with E-state index in [0.29, 0.717) is 28.6 Å². The van der Waals surface area contributed by atoms with E-state index in [9.17, 15) is 8.42 Å². The first-order valence-corrected chi connectivity index (χ1v) is 9.79. The average molecular weight is 402 g/mol. The Hall–Kier alpha value is -2.79. The molecule has 1 heterocycles. The summed E-state index contributed by atoms with van der Waals surface area (Å²) in [5.41, 5.74) is 2.07. The zero-order valence-corrected chi connectivity index (χ0v) is 16.0. The minimum absolute atomic E-state index is 0.0136. The number of ether oxygens (including phenoxy) is 1. The second kappa shape index (κ2) is 7.84. The van der Waals surface area contributed by atoms with Gasteiger partial charge < -0.3 is 4.74 Å². The van der Waals surface area contributed by atoms with Crippen molar-refractivity contribution >= 4 is 21.6 Å². The molecule has 3 aromatic rings. The number of nitrogens with zero attached hydrogens (tertiary/aromatic N) is 2. The molecule has 0 saturated heterocycles. The predicted molar refractivity (Wildman–Crippen MR) is 103 cm³/mol. The average Bonchev–Trinajstić information content (AvgIpc) is 2.99. The number of hydrogen-bond donors (Lipinski definition) is 1. The number of hydrogen-bond acceptors (Lipinski definition) is 4. The summed E-state index contributed by atoms with van der Waals surface area (Å²) in [6.45, 7) is 0.340. The van der Waals surface area contributed by atoms with Crippen LogP contribution in [-0.4, -0.2) is 18.2 Å². The summed E-state index contributed by atoms with van der Waals surface area (Å²) in [5, 5.41) is 9.97. The van der Waals surface area contributed by atoms with Gasteiger partial charge in [0.25, 0.3) is 0 Å². The fourth-order valence-corrected chi connectivity index (χ4v) is 2.99. The summed E-state index contributed by atoms with van der Waals surface area (Å²) < 4.78 is 30.3. The predicted octanol–water partition coefficient (Wildman–Crippen LogP) is 2.70. The van der Waals surface area contributed by atoms with Crippen molar-refractivity contribution in [1.82, 2.24) is 9.78 Å². The number of rotatable bonds is 4. The molecule has 0 aliphatic heterocycles. The van der Waals surface area contributed by atoms with Gasteiger partial charge in [-0.2, -0.15) is 5.10 Å². The van der Waals surface area contributed by atoms with Gasteiger partial charge in [-0.05, 0) is 35.9 Å². The van der Waals surface area contributed by atoms with Gasteiger partial charge >= 0.3 is 0 Å². The summed E-state index contributed by atoms with van der Waals surface area (Å²) in [7, 11) is -2.02. The van der Waals surface area contributed by atoms with Gasteiger partial charge in [0, 0.05) is 17.6 Å². The highest BCUT2D eigenvalue weighted by molar-refractivity contribution is 7.89. The zero-order valence-electron chi connectivity index (χ0n) is 14.4. The summed E-state index contributed by atoms with van der Waals surface area (Å²) >= 11 is 5.88. The third kappa shape index (κ3) is 4.89. The van der Waals surface area contributed by atoms with Gasteiger partial charge in [0.15, 0.2) is 0 Å². The van der Waals surface area contributed by atoms with Gasteiger partial charge in [-0.15, -0.1) is 0 Å². The molecule has 0 aliphatic rings. The third-order valence-corrected chi connectivity index (χ3v) is 4.84. The van der Waals surface area contributed by atoms with Gasteiger partial charge in [0.2, 0.25) is 15.9 Å². The van der Waals surface area contributed by atoms with Crippen LogP contribution in [0.15, 0.2) is 59.6 Å². The van der Waals surface area contributed by atoms with E-state index in [-0.39, 0.29) is 4.90 Å². The SMILES string of the molecule is Cn1ncc(C#Cc2cccc(S(N)(=O)=O)c2)c1OCc1ccc(Cl)cc1. The lowest BCUT2D eigenvalue weighted by Gasteiger charge is -2.07. The summed E-state index contributed by atoms with van der Waals surface area (Å²) in [6.07, 6.45) is 1.59. The topological polar surface area (TPSA) is 87.2 Å². The molecule has 2 aromatic carbocycles. The van der Waals surface area contributed by atoms with Crippen molar-refractivity contribution in [3.8, 4) is 17.7 Å². The first kappa shape index (κ1) is 19.0. The summed E-state index contributed by atoms with van der Waals surface area (Å²) in [5.74, 6) is 6.39. The number of halogens is 1. The van der Waals surface area contributed by atoms with Crippen LogP contribution in [0.2, 0.25) is 5.02 Å². The Bertz CT molecular complexity index is 1130. The molecule has 0 radical (unpaired) electrons. The van der Waals surface area contributed by atoms with E-state index in [1.807, 2.05) is 12.1 Å². The second-order valence-corrected chi connectivity index (χ2v) is 7.72.